The highest BCUT2D eigenvalue weighted by Crippen LogP contribution is 2.36. The molecule has 1 saturated heterocycles. The normalized spacial score (nSPS) is 15.7. The molecule has 1 aliphatic heterocycles. The van der Waals surface area contributed by atoms with E-state index >= 15 is 0 Å². The molecule has 1 aromatic carbocycles. The van der Waals surface area contributed by atoms with Gasteiger partial charge in [0.25, 0.3) is 0 Å². The largest absolute Gasteiger partial charge is 0.465 e. The Morgan fingerprint density at radius 3 is 2.51 bits per heavy atom. The number of anilines is 1. The number of carboxylic acid groups (broad SMARTS) is 1. The molecule has 1 N–H and O–H groups in total. The smallest absolute Gasteiger partial charge is 0.407 e. The lowest BCUT2D eigenvalue weighted by Gasteiger charge is -2.39. The SMILES string of the molecule is Cc1ccnc(C(C)C)c1-n1c(=O)nc(N2CCN(C(=O)O)CC2C)c2cc(Cl)c(-c3ccc(F)c(F)c3F)nc21. The van der Waals surface area contributed by atoms with Crippen LogP contribution in [0.5, 0.6) is 0 Å². The lowest BCUT2D eigenvalue weighted by Crippen LogP contribution is -2.54. The van der Waals surface area contributed by atoms with Crippen molar-refractivity contribution in [2.75, 3.05) is 24.5 Å². The Balaban J connectivity index is 1.85. The summed E-state index contributed by atoms with van der Waals surface area (Å²) in [7, 11) is 0. The van der Waals surface area contributed by atoms with Crippen LogP contribution in [0.25, 0.3) is 28.0 Å². The highest BCUT2D eigenvalue weighted by atomic mass is 35.5. The number of benzene rings is 1. The van der Waals surface area contributed by atoms with Crippen molar-refractivity contribution in [2.45, 2.75) is 39.7 Å². The zero-order valence-corrected chi connectivity index (χ0v) is 23.4. The van der Waals surface area contributed by atoms with E-state index in [-0.39, 0.29) is 59.3 Å². The average Bonchev–Trinajstić information content (AvgIpc) is 2.92. The molecule has 13 heteroatoms. The zero-order chi connectivity index (χ0) is 29.7. The number of nitrogens with zero attached hydrogens (tertiary/aromatic N) is 6. The molecule has 41 heavy (non-hydrogen) atoms. The molecule has 214 valence electrons. The summed E-state index contributed by atoms with van der Waals surface area (Å²) >= 11 is 6.59. The predicted octanol–water partition coefficient (Wildman–Crippen LogP) is 5.53. The van der Waals surface area contributed by atoms with Crippen LogP contribution in [0.3, 0.4) is 0 Å². The molecule has 1 unspecified atom stereocenters. The number of rotatable bonds is 4. The standard InChI is InChI=1S/C28H26ClF3N6O3/c1-13(2)22-24(14(3)7-8-33-22)38-26-17(11-18(29)23(34-26)16-5-6-19(30)21(32)20(16)31)25(35-27(38)39)37-10-9-36(28(40)41)12-15(37)4/h5-8,11,13,15H,9-10,12H2,1-4H3,(H,40,41). The first-order chi connectivity index (χ1) is 19.4. The van der Waals surface area contributed by atoms with E-state index in [9.17, 15) is 27.9 Å². The molecule has 0 spiro atoms. The summed E-state index contributed by atoms with van der Waals surface area (Å²) in [5.74, 6) is -4.40. The fraction of sp³-hybridized carbons (Fsp3) is 0.321. The van der Waals surface area contributed by atoms with Crippen molar-refractivity contribution >= 4 is 34.5 Å². The van der Waals surface area contributed by atoms with E-state index < -0.39 is 29.2 Å². The number of aromatic nitrogens is 4. The number of aryl methyl sites for hydroxylation is 1. The van der Waals surface area contributed by atoms with E-state index in [0.29, 0.717) is 22.3 Å². The maximum Gasteiger partial charge on any atom is 0.407 e. The summed E-state index contributed by atoms with van der Waals surface area (Å²) in [4.78, 5) is 41.9. The third-order valence-corrected chi connectivity index (χ3v) is 7.47. The molecular weight excluding hydrogens is 561 g/mol. The molecule has 0 radical (unpaired) electrons. The fourth-order valence-electron chi connectivity index (χ4n) is 5.15. The zero-order valence-electron chi connectivity index (χ0n) is 22.6. The maximum atomic E-state index is 14.9. The van der Waals surface area contributed by atoms with Crippen molar-refractivity contribution in [1.29, 1.82) is 0 Å². The van der Waals surface area contributed by atoms with Crippen molar-refractivity contribution in [2.24, 2.45) is 0 Å². The van der Waals surface area contributed by atoms with Crippen LogP contribution < -0.4 is 10.6 Å². The predicted molar refractivity (Wildman–Crippen MR) is 148 cm³/mol. The van der Waals surface area contributed by atoms with Crippen molar-refractivity contribution < 1.29 is 23.1 Å². The Morgan fingerprint density at radius 2 is 1.85 bits per heavy atom. The first kappa shape index (κ1) is 28.3. The number of halogens is 4. The lowest BCUT2D eigenvalue weighted by molar-refractivity contribution is 0.136. The van der Waals surface area contributed by atoms with Crippen molar-refractivity contribution in [3.8, 4) is 16.9 Å². The molecule has 3 aromatic heterocycles. The van der Waals surface area contributed by atoms with Gasteiger partial charge in [0.1, 0.15) is 5.82 Å². The lowest BCUT2D eigenvalue weighted by atomic mass is 10.0. The van der Waals surface area contributed by atoms with Gasteiger partial charge in [-0.3, -0.25) is 4.98 Å². The number of hydrogen-bond donors (Lipinski definition) is 1. The topological polar surface area (TPSA) is 104 Å². The minimum atomic E-state index is -1.68. The summed E-state index contributed by atoms with van der Waals surface area (Å²) in [6, 6.07) is 4.62. The molecular formula is C28H26ClF3N6O3. The van der Waals surface area contributed by atoms with Crippen LogP contribution in [0.4, 0.5) is 23.8 Å². The highest BCUT2D eigenvalue weighted by molar-refractivity contribution is 6.33. The summed E-state index contributed by atoms with van der Waals surface area (Å²) in [6.07, 6.45) is 0.569. The second-order valence-corrected chi connectivity index (χ2v) is 10.7. The number of piperazine rings is 1. The van der Waals surface area contributed by atoms with Crippen LogP contribution in [0.2, 0.25) is 5.02 Å². The molecule has 1 atom stereocenters. The number of hydrogen-bond acceptors (Lipinski definition) is 6. The van der Waals surface area contributed by atoms with Gasteiger partial charge in [0.2, 0.25) is 0 Å². The van der Waals surface area contributed by atoms with Gasteiger partial charge in [0.05, 0.1) is 27.5 Å². The quantitative estimate of drug-likeness (QED) is 0.313. The third kappa shape index (κ3) is 4.86. The van der Waals surface area contributed by atoms with Crippen LogP contribution in [0.1, 0.15) is 37.9 Å². The molecule has 1 fully saturated rings. The van der Waals surface area contributed by atoms with Gasteiger partial charge in [-0.05, 0) is 49.6 Å². The Bertz CT molecular complexity index is 1760. The van der Waals surface area contributed by atoms with E-state index in [1.807, 2.05) is 13.8 Å². The molecule has 5 rings (SSSR count). The molecule has 1 amide bonds. The van der Waals surface area contributed by atoms with Crippen molar-refractivity contribution in [1.82, 2.24) is 24.4 Å². The number of pyridine rings is 2. The van der Waals surface area contributed by atoms with Gasteiger partial charge in [-0.25, -0.2) is 32.3 Å². The first-order valence-corrected chi connectivity index (χ1v) is 13.3. The van der Waals surface area contributed by atoms with Gasteiger partial charge in [0, 0.05) is 37.4 Å². The number of fused-ring (bicyclic) bond motifs is 1. The number of amides is 1. The Kier molecular flexibility index (Phi) is 7.37. The van der Waals surface area contributed by atoms with Crippen LogP contribution in [0, 0.1) is 24.4 Å². The van der Waals surface area contributed by atoms with Gasteiger partial charge in [-0.2, -0.15) is 4.98 Å². The molecule has 4 aromatic rings. The Morgan fingerprint density at radius 1 is 1.12 bits per heavy atom. The van der Waals surface area contributed by atoms with Gasteiger partial charge < -0.3 is 14.9 Å². The van der Waals surface area contributed by atoms with Gasteiger partial charge in [0.15, 0.2) is 23.1 Å². The van der Waals surface area contributed by atoms with Gasteiger partial charge in [-0.15, -0.1) is 0 Å². The summed E-state index contributed by atoms with van der Waals surface area (Å²) in [6.45, 7) is 8.00. The van der Waals surface area contributed by atoms with Crippen LogP contribution in [-0.2, 0) is 0 Å². The van der Waals surface area contributed by atoms with Crippen LogP contribution in [-0.4, -0.2) is 61.3 Å². The van der Waals surface area contributed by atoms with Gasteiger partial charge >= 0.3 is 11.8 Å². The molecule has 9 nitrogen and oxygen atoms in total. The minimum absolute atomic E-state index is 0.0504. The van der Waals surface area contributed by atoms with E-state index in [2.05, 4.69) is 15.0 Å². The van der Waals surface area contributed by atoms with Crippen LogP contribution in [0.15, 0.2) is 35.3 Å². The Labute approximate surface area is 237 Å². The minimum Gasteiger partial charge on any atom is -0.465 e. The van der Waals surface area contributed by atoms with Crippen LogP contribution >= 0.6 is 11.6 Å². The second-order valence-electron chi connectivity index (χ2n) is 10.3. The van der Waals surface area contributed by atoms with E-state index in [0.717, 1.165) is 12.1 Å². The monoisotopic (exact) mass is 586 g/mol. The summed E-state index contributed by atoms with van der Waals surface area (Å²) < 4.78 is 44.1. The van der Waals surface area contributed by atoms with E-state index in [1.54, 1.807) is 31.0 Å². The highest BCUT2D eigenvalue weighted by Gasteiger charge is 2.31. The number of carbonyl (C=O) groups is 1. The molecule has 0 bridgehead atoms. The van der Waals surface area contributed by atoms with Crippen molar-refractivity contribution in [3.05, 3.63) is 74.7 Å². The third-order valence-electron chi connectivity index (χ3n) is 7.19. The summed E-state index contributed by atoms with van der Waals surface area (Å²) in [5, 5.41) is 9.69. The molecule has 4 heterocycles. The van der Waals surface area contributed by atoms with Crippen molar-refractivity contribution in [3.63, 3.8) is 0 Å². The maximum absolute atomic E-state index is 14.9. The van der Waals surface area contributed by atoms with E-state index in [4.69, 9.17) is 11.6 Å². The first-order valence-electron chi connectivity index (χ1n) is 12.9. The average molecular weight is 587 g/mol. The Hall–Kier alpha value is -4.19. The molecule has 0 saturated carbocycles. The molecule has 1 aliphatic rings. The van der Waals surface area contributed by atoms with Gasteiger partial charge in [-0.1, -0.05) is 25.4 Å². The van der Waals surface area contributed by atoms with E-state index in [1.165, 1.54) is 15.5 Å². The summed E-state index contributed by atoms with van der Waals surface area (Å²) in [5.41, 5.74) is 0.484. The second kappa shape index (κ2) is 10.7. The molecule has 0 aliphatic carbocycles. The fourth-order valence-corrected chi connectivity index (χ4v) is 5.41.